The zero-order valence-corrected chi connectivity index (χ0v) is 10.6. The van der Waals surface area contributed by atoms with Crippen molar-refractivity contribution >= 4 is 17.4 Å². The summed E-state index contributed by atoms with van der Waals surface area (Å²) in [6, 6.07) is 6.74. The number of hydrogen-bond acceptors (Lipinski definition) is 2. The summed E-state index contributed by atoms with van der Waals surface area (Å²) >= 11 is 5.62. The number of hydrogen-bond donors (Lipinski definition) is 0. The van der Waals surface area contributed by atoms with Gasteiger partial charge in [0.1, 0.15) is 5.82 Å². The number of nitrogens with zero attached hydrogens (tertiary/aromatic N) is 1. The Morgan fingerprint density at radius 2 is 2.00 bits per heavy atom. The first kappa shape index (κ1) is 12.9. The van der Waals surface area contributed by atoms with Gasteiger partial charge in [-0.1, -0.05) is 11.6 Å². The summed E-state index contributed by atoms with van der Waals surface area (Å²) in [7, 11) is 0. The standard InChI is InChI=1S/C14H13ClFNO/c15-12-10-11(4-5-13(12)16)14(18)6-9-17-7-2-1-3-8-17/h4-5,10H,1-3,7-8H2. The van der Waals surface area contributed by atoms with E-state index in [2.05, 4.69) is 12.0 Å². The number of piperidine rings is 1. The first-order valence-corrected chi connectivity index (χ1v) is 6.30. The predicted octanol–water partition coefficient (Wildman–Crippen LogP) is 3.11. The van der Waals surface area contributed by atoms with Crippen molar-refractivity contribution in [1.82, 2.24) is 4.90 Å². The summed E-state index contributed by atoms with van der Waals surface area (Å²) in [5.74, 6) is 1.71. The van der Waals surface area contributed by atoms with E-state index in [0.29, 0.717) is 5.56 Å². The fraction of sp³-hybridized carbons (Fsp3) is 0.357. The highest BCUT2D eigenvalue weighted by Crippen LogP contribution is 2.16. The van der Waals surface area contributed by atoms with Crippen LogP contribution in [0.3, 0.4) is 0 Å². The Labute approximate surface area is 111 Å². The van der Waals surface area contributed by atoms with Crippen molar-refractivity contribution in [3.05, 3.63) is 34.6 Å². The average Bonchev–Trinajstić information content (AvgIpc) is 2.40. The molecule has 0 spiro atoms. The monoisotopic (exact) mass is 265 g/mol. The van der Waals surface area contributed by atoms with Crippen LogP contribution in [0.1, 0.15) is 29.6 Å². The maximum atomic E-state index is 13.0. The lowest BCUT2D eigenvalue weighted by Crippen LogP contribution is -2.25. The second-order valence-electron chi connectivity index (χ2n) is 4.24. The van der Waals surface area contributed by atoms with Gasteiger partial charge < -0.3 is 4.90 Å². The molecule has 1 aromatic rings. The van der Waals surface area contributed by atoms with Crippen molar-refractivity contribution in [3.8, 4) is 12.0 Å². The predicted molar refractivity (Wildman–Crippen MR) is 68.9 cm³/mol. The van der Waals surface area contributed by atoms with Crippen LogP contribution in [0.25, 0.3) is 0 Å². The van der Waals surface area contributed by atoms with Gasteiger partial charge in [0, 0.05) is 24.7 Å². The molecule has 0 N–H and O–H groups in total. The van der Waals surface area contributed by atoms with Crippen molar-refractivity contribution in [3.63, 3.8) is 0 Å². The minimum Gasteiger partial charge on any atom is -0.332 e. The lowest BCUT2D eigenvalue weighted by molar-refractivity contribution is 0.105. The molecular formula is C14H13ClFNO. The number of halogens is 2. The smallest absolute Gasteiger partial charge is 0.237 e. The van der Waals surface area contributed by atoms with Crippen LogP contribution in [0.15, 0.2) is 18.2 Å². The maximum absolute atomic E-state index is 13.0. The van der Waals surface area contributed by atoms with Crippen molar-refractivity contribution in [2.75, 3.05) is 13.1 Å². The lowest BCUT2D eigenvalue weighted by atomic mass is 10.1. The quantitative estimate of drug-likeness (QED) is 0.574. The molecule has 0 radical (unpaired) electrons. The van der Waals surface area contributed by atoms with Crippen molar-refractivity contribution < 1.29 is 9.18 Å². The van der Waals surface area contributed by atoms with E-state index < -0.39 is 5.82 Å². The van der Waals surface area contributed by atoms with Gasteiger partial charge in [-0.15, -0.1) is 0 Å². The van der Waals surface area contributed by atoms with E-state index in [1.54, 1.807) is 0 Å². The number of carbonyl (C=O) groups is 1. The van der Waals surface area contributed by atoms with Crippen molar-refractivity contribution in [2.45, 2.75) is 19.3 Å². The van der Waals surface area contributed by atoms with Gasteiger partial charge in [-0.3, -0.25) is 4.79 Å². The normalized spacial score (nSPS) is 14.9. The molecule has 1 aliphatic heterocycles. The van der Waals surface area contributed by atoms with E-state index in [4.69, 9.17) is 11.6 Å². The number of rotatable bonds is 1. The Bertz CT molecular complexity index is 512. The highest BCUT2D eigenvalue weighted by atomic mass is 35.5. The molecule has 4 heteroatoms. The minimum absolute atomic E-state index is 0.0550. The molecule has 1 saturated heterocycles. The number of carbonyl (C=O) groups excluding carboxylic acids is 1. The molecule has 0 unspecified atom stereocenters. The third kappa shape index (κ3) is 3.24. The molecule has 18 heavy (non-hydrogen) atoms. The van der Waals surface area contributed by atoms with E-state index in [-0.39, 0.29) is 10.8 Å². The molecule has 94 valence electrons. The van der Waals surface area contributed by atoms with Crippen LogP contribution >= 0.6 is 11.6 Å². The summed E-state index contributed by atoms with van der Waals surface area (Å²) < 4.78 is 13.0. The van der Waals surface area contributed by atoms with Gasteiger partial charge in [-0.2, -0.15) is 0 Å². The van der Waals surface area contributed by atoms with Crippen LogP contribution in [0, 0.1) is 17.8 Å². The highest BCUT2D eigenvalue weighted by molar-refractivity contribution is 6.31. The fourth-order valence-corrected chi connectivity index (χ4v) is 2.03. The van der Waals surface area contributed by atoms with Gasteiger partial charge in [0.25, 0.3) is 0 Å². The van der Waals surface area contributed by atoms with E-state index in [1.807, 2.05) is 4.90 Å². The second kappa shape index (κ2) is 5.88. The number of likely N-dealkylation sites (tertiary alicyclic amines) is 1. The van der Waals surface area contributed by atoms with Crippen LogP contribution in [0.5, 0.6) is 0 Å². The molecule has 1 aromatic carbocycles. The van der Waals surface area contributed by atoms with Crippen molar-refractivity contribution in [1.29, 1.82) is 0 Å². The fourth-order valence-electron chi connectivity index (χ4n) is 1.85. The molecule has 0 aliphatic carbocycles. The largest absolute Gasteiger partial charge is 0.332 e. The topological polar surface area (TPSA) is 20.3 Å². The summed E-state index contributed by atoms with van der Waals surface area (Å²) in [6.45, 7) is 1.81. The molecule has 1 heterocycles. The number of Topliss-reactive ketones (excluding diaryl/α,β-unsaturated/α-hetero) is 1. The number of ketones is 1. The van der Waals surface area contributed by atoms with Crippen molar-refractivity contribution in [2.24, 2.45) is 0 Å². The molecular weight excluding hydrogens is 253 g/mol. The molecule has 0 bridgehead atoms. The second-order valence-corrected chi connectivity index (χ2v) is 4.65. The zero-order valence-electron chi connectivity index (χ0n) is 9.88. The first-order valence-electron chi connectivity index (χ1n) is 5.93. The van der Waals surface area contributed by atoms with Crippen LogP contribution in [-0.4, -0.2) is 23.8 Å². The molecule has 1 fully saturated rings. The average molecular weight is 266 g/mol. The van der Waals surface area contributed by atoms with E-state index in [1.165, 1.54) is 24.6 Å². The molecule has 2 rings (SSSR count). The van der Waals surface area contributed by atoms with E-state index in [0.717, 1.165) is 25.9 Å². The van der Waals surface area contributed by atoms with E-state index >= 15 is 0 Å². The van der Waals surface area contributed by atoms with Crippen LogP contribution in [-0.2, 0) is 0 Å². The van der Waals surface area contributed by atoms with Gasteiger partial charge >= 0.3 is 0 Å². The van der Waals surface area contributed by atoms with Crippen LogP contribution in [0.4, 0.5) is 4.39 Å². The lowest BCUT2D eigenvalue weighted by Gasteiger charge is -2.21. The third-order valence-corrected chi connectivity index (χ3v) is 3.16. The zero-order chi connectivity index (χ0) is 13.0. The Hall–Kier alpha value is -1.53. The van der Waals surface area contributed by atoms with Gasteiger partial charge in [-0.05, 0) is 43.4 Å². The van der Waals surface area contributed by atoms with Crippen LogP contribution < -0.4 is 0 Å². The molecule has 0 saturated carbocycles. The summed E-state index contributed by atoms with van der Waals surface area (Å²) in [5, 5.41) is -0.0550. The maximum Gasteiger partial charge on any atom is 0.237 e. The Kier molecular flexibility index (Phi) is 4.22. The Morgan fingerprint density at radius 3 is 2.67 bits per heavy atom. The molecule has 0 amide bonds. The third-order valence-electron chi connectivity index (χ3n) is 2.87. The summed E-state index contributed by atoms with van der Waals surface area (Å²) in [6.07, 6.45) is 3.45. The minimum atomic E-state index is -0.530. The van der Waals surface area contributed by atoms with Gasteiger partial charge in [0.2, 0.25) is 5.78 Å². The molecule has 0 atom stereocenters. The van der Waals surface area contributed by atoms with Crippen LogP contribution in [0.2, 0.25) is 5.02 Å². The summed E-state index contributed by atoms with van der Waals surface area (Å²) in [4.78, 5) is 13.7. The summed E-state index contributed by atoms with van der Waals surface area (Å²) in [5.41, 5.74) is 0.325. The molecule has 0 aromatic heterocycles. The SMILES string of the molecule is O=C(C#CN1CCCCC1)c1ccc(F)c(Cl)c1. The van der Waals surface area contributed by atoms with Gasteiger partial charge in [-0.25, -0.2) is 4.39 Å². The van der Waals surface area contributed by atoms with Gasteiger partial charge in [0.15, 0.2) is 0 Å². The Morgan fingerprint density at radius 1 is 1.28 bits per heavy atom. The van der Waals surface area contributed by atoms with Gasteiger partial charge in [0.05, 0.1) is 5.02 Å². The number of benzene rings is 1. The highest BCUT2D eigenvalue weighted by Gasteiger charge is 2.08. The first-order chi connectivity index (χ1) is 8.66. The molecule has 2 nitrogen and oxygen atoms in total. The Balaban J connectivity index is 2.07. The van der Waals surface area contributed by atoms with E-state index in [9.17, 15) is 9.18 Å². The molecule has 1 aliphatic rings.